The minimum Gasteiger partial charge on any atom is -0.480 e. The average molecular weight is 824 g/mol. The van der Waals surface area contributed by atoms with E-state index < -0.39 is 43.4 Å². The van der Waals surface area contributed by atoms with Crippen molar-refractivity contribution >= 4 is 52.6 Å². The fourth-order valence-corrected chi connectivity index (χ4v) is 11.8. The van der Waals surface area contributed by atoms with E-state index in [-0.39, 0.29) is 51.9 Å². The third kappa shape index (κ3) is 8.03. The maximum absolute atomic E-state index is 15.3. The van der Waals surface area contributed by atoms with Crippen LogP contribution in [0.5, 0.6) is 0 Å². The summed E-state index contributed by atoms with van der Waals surface area (Å²) in [5.74, 6) is -4.28. The Hall–Kier alpha value is -3.72. The maximum Gasteiger partial charge on any atom is 0.320 e. The molecule has 0 bridgehead atoms. The Morgan fingerprint density at radius 2 is 1.84 bits per heavy atom. The topological polar surface area (TPSA) is 169 Å². The lowest BCUT2D eigenvalue weighted by Gasteiger charge is -2.42. The molecule has 3 aromatic rings. The first-order valence-corrected chi connectivity index (χ1v) is 22.6. The number of amides is 3. The molecule has 57 heavy (non-hydrogen) atoms. The molecular weight excluding hydrogens is 773 g/mol. The number of carboxylic acid groups (broad SMARTS) is 1. The summed E-state index contributed by atoms with van der Waals surface area (Å²) in [5, 5.41) is 14.6. The summed E-state index contributed by atoms with van der Waals surface area (Å²) in [6.07, 6.45) is 7.07. The molecule has 4 saturated heterocycles. The molecule has 5 heterocycles. The number of halogens is 1. The molecule has 2 aromatic carbocycles. The Labute approximate surface area is 335 Å². The molecule has 9 atom stereocenters. The normalized spacial score (nSPS) is 29.0. The van der Waals surface area contributed by atoms with Gasteiger partial charge in [0.05, 0.1) is 11.0 Å². The average Bonchev–Trinajstić information content (AvgIpc) is 3.46. The van der Waals surface area contributed by atoms with Gasteiger partial charge in [0.25, 0.3) is 5.91 Å². The van der Waals surface area contributed by atoms with Crippen LogP contribution < -0.4 is 10.4 Å². The third-order valence-electron chi connectivity index (χ3n) is 12.9. The van der Waals surface area contributed by atoms with Gasteiger partial charge in [-0.15, -0.1) is 11.3 Å². The molecular formula is C41H51FN5O8PS. The van der Waals surface area contributed by atoms with E-state index in [1.165, 1.54) is 17.7 Å². The Bertz CT molecular complexity index is 2080. The summed E-state index contributed by atoms with van der Waals surface area (Å²) in [4.78, 5) is 71.4. The SMILES string of the molecule is C[C@H](NP(=O)(O)[C@@H](F)c1ccc2sc(C(=O)N[C@H]3CC[C@H](N(C)C[C@@H]4CCO4)C[C@H]4CC[C@@H](C(=O)N5C[C@H](c6ccccc6)CC56CC6)N4C3=O)cc2c1)C(=O)O. The summed E-state index contributed by atoms with van der Waals surface area (Å²) in [7, 11) is -2.68. The van der Waals surface area contributed by atoms with Crippen molar-refractivity contribution in [1.29, 1.82) is 0 Å². The largest absolute Gasteiger partial charge is 0.480 e. The first kappa shape index (κ1) is 40.1. The number of aliphatic carboxylic acids is 1. The van der Waals surface area contributed by atoms with Gasteiger partial charge >= 0.3 is 13.5 Å². The Morgan fingerprint density at radius 1 is 1.09 bits per heavy atom. The predicted molar refractivity (Wildman–Crippen MR) is 213 cm³/mol. The first-order valence-electron chi connectivity index (χ1n) is 20.0. The second-order valence-electron chi connectivity index (χ2n) is 16.7. The van der Waals surface area contributed by atoms with Crippen molar-refractivity contribution in [3.8, 4) is 0 Å². The molecule has 1 spiro atoms. The maximum atomic E-state index is 15.3. The van der Waals surface area contributed by atoms with Gasteiger partial charge < -0.3 is 34.8 Å². The summed E-state index contributed by atoms with van der Waals surface area (Å²) in [5.41, 5.74) is 0.927. The van der Waals surface area contributed by atoms with Crippen LogP contribution in [0.2, 0.25) is 0 Å². The van der Waals surface area contributed by atoms with Crippen molar-refractivity contribution in [3.63, 3.8) is 0 Å². The Kier molecular flexibility index (Phi) is 11.1. The summed E-state index contributed by atoms with van der Waals surface area (Å²) < 4.78 is 34.4. The lowest BCUT2D eigenvalue weighted by atomic mass is 9.93. The lowest BCUT2D eigenvalue weighted by Crippen LogP contribution is -2.59. The van der Waals surface area contributed by atoms with Gasteiger partial charge in [0.15, 0.2) is 0 Å². The fourth-order valence-electron chi connectivity index (χ4n) is 9.49. The molecule has 1 aliphatic carbocycles. The summed E-state index contributed by atoms with van der Waals surface area (Å²) >= 11 is 1.15. The number of hydrogen-bond acceptors (Lipinski definition) is 8. The zero-order valence-corrected chi connectivity index (χ0v) is 33.9. The number of fused-ring (bicyclic) bond motifs is 2. The Morgan fingerprint density at radius 3 is 2.53 bits per heavy atom. The first-order chi connectivity index (χ1) is 27.2. The number of rotatable bonds is 12. The van der Waals surface area contributed by atoms with Crippen LogP contribution in [0.25, 0.3) is 10.1 Å². The minimum absolute atomic E-state index is 0.00623. The number of nitrogens with zero attached hydrogens (tertiary/aromatic N) is 3. The predicted octanol–water partition coefficient (Wildman–Crippen LogP) is 5.40. The number of carboxylic acids is 1. The van der Waals surface area contributed by atoms with Crippen molar-refractivity contribution in [1.82, 2.24) is 25.1 Å². The van der Waals surface area contributed by atoms with E-state index in [1.54, 1.807) is 12.1 Å². The molecule has 5 aliphatic rings. The summed E-state index contributed by atoms with van der Waals surface area (Å²) in [6.45, 7) is 3.30. The van der Waals surface area contributed by atoms with Crippen LogP contribution >= 0.6 is 18.9 Å². The van der Waals surface area contributed by atoms with Crippen molar-refractivity contribution in [2.75, 3.05) is 26.7 Å². The van der Waals surface area contributed by atoms with E-state index in [9.17, 15) is 28.6 Å². The van der Waals surface area contributed by atoms with Gasteiger partial charge in [0, 0.05) is 47.9 Å². The van der Waals surface area contributed by atoms with Crippen LogP contribution in [-0.2, 0) is 23.7 Å². The molecule has 1 unspecified atom stereocenters. The molecule has 4 N–H and O–H groups in total. The molecule has 13 nitrogen and oxygen atoms in total. The molecule has 1 saturated carbocycles. The van der Waals surface area contributed by atoms with E-state index in [0.29, 0.717) is 42.3 Å². The zero-order chi connectivity index (χ0) is 40.2. The van der Waals surface area contributed by atoms with Crippen molar-refractivity contribution in [2.45, 2.75) is 118 Å². The lowest BCUT2D eigenvalue weighted by molar-refractivity contribution is -0.148. The number of likely N-dealkylation sites (N-methyl/N-ethyl adjacent to an activating group) is 1. The highest BCUT2D eigenvalue weighted by Crippen LogP contribution is 2.55. The van der Waals surface area contributed by atoms with E-state index in [2.05, 4.69) is 34.3 Å². The van der Waals surface area contributed by atoms with Crippen LogP contribution in [0, 0.1) is 0 Å². The molecule has 16 heteroatoms. The minimum atomic E-state index is -4.77. The molecule has 0 radical (unpaired) electrons. The smallest absolute Gasteiger partial charge is 0.320 e. The van der Waals surface area contributed by atoms with Gasteiger partial charge in [0.2, 0.25) is 17.7 Å². The second-order valence-corrected chi connectivity index (χ2v) is 19.8. The van der Waals surface area contributed by atoms with Gasteiger partial charge in [-0.05, 0) is 106 Å². The number of nitrogens with one attached hydrogen (secondary N) is 2. The zero-order valence-electron chi connectivity index (χ0n) is 32.2. The molecule has 8 rings (SSSR count). The van der Waals surface area contributed by atoms with Crippen LogP contribution in [0.3, 0.4) is 0 Å². The van der Waals surface area contributed by atoms with E-state index >= 15 is 4.39 Å². The number of likely N-dealkylation sites (tertiary alicyclic amines) is 1. The van der Waals surface area contributed by atoms with Gasteiger partial charge in [-0.25, -0.2) is 9.48 Å². The third-order valence-corrected chi connectivity index (χ3v) is 15.7. The highest BCUT2D eigenvalue weighted by Gasteiger charge is 2.58. The van der Waals surface area contributed by atoms with Gasteiger partial charge in [-0.3, -0.25) is 23.7 Å². The molecule has 1 aromatic heterocycles. The molecule has 5 fully saturated rings. The van der Waals surface area contributed by atoms with Crippen molar-refractivity contribution < 1.29 is 42.9 Å². The number of hydrogen-bond donors (Lipinski definition) is 4. The van der Waals surface area contributed by atoms with Crippen LogP contribution in [0.4, 0.5) is 4.39 Å². The Balaban J connectivity index is 1.02. The van der Waals surface area contributed by atoms with Gasteiger partial charge in [-0.2, -0.15) is 0 Å². The number of ether oxygens (including phenoxy) is 1. The number of thiophene rings is 1. The number of carbonyl (C=O) groups is 4. The van der Waals surface area contributed by atoms with Gasteiger partial charge in [-0.1, -0.05) is 36.4 Å². The van der Waals surface area contributed by atoms with Crippen molar-refractivity contribution in [3.05, 3.63) is 70.6 Å². The molecule has 306 valence electrons. The highest BCUT2D eigenvalue weighted by atomic mass is 32.1. The van der Waals surface area contributed by atoms with E-state index in [4.69, 9.17) is 9.84 Å². The van der Waals surface area contributed by atoms with Crippen molar-refractivity contribution in [2.24, 2.45) is 0 Å². The standard InChI is InChI=1S/C41H51FN5O8PS/c1-24(40(51)52)44-56(53,54)36(42)26-8-13-34-27(18-26)19-35(57-34)37(48)43-32-11-9-29(45(2)23-31-14-17-55-31)20-30-10-12-33(47(30)38(32)49)39(50)46-22-28(21-41(46)15-16-41)25-6-4-3-5-7-25/h3-8,13,18-19,24,28-33,36H,9-12,14-17,20-23H2,1-2H3,(H,43,48)(H,51,52)(H2,44,53,54)/t24-,28+,29-,30+,31-,32-,33-,36+/m0/s1. The van der Waals surface area contributed by atoms with Crippen LogP contribution in [0.1, 0.15) is 97.3 Å². The quantitative estimate of drug-likeness (QED) is 0.174. The fraction of sp³-hybridized carbons (Fsp3) is 0.561. The monoisotopic (exact) mass is 823 g/mol. The van der Waals surface area contributed by atoms with Crippen LogP contribution in [-0.4, -0.2) is 117 Å². The number of carbonyl (C=O) groups excluding carboxylic acids is 3. The molecule has 3 amide bonds. The summed E-state index contributed by atoms with van der Waals surface area (Å²) in [6, 6.07) is 13.2. The highest BCUT2D eigenvalue weighted by molar-refractivity contribution is 7.56. The van der Waals surface area contributed by atoms with E-state index in [0.717, 1.165) is 63.5 Å². The van der Waals surface area contributed by atoms with Gasteiger partial charge in [0.1, 0.15) is 18.1 Å². The number of benzene rings is 2. The number of alkyl halides is 1. The van der Waals surface area contributed by atoms with E-state index in [1.807, 2.05) is 28.2 Å². The molecule has 4 aliphatic heterocycles. The van der Waals surface area contributed by atoms with Crippen LogP contribution in [0.15, 0.2) is 54.6 Å². The second kappa shape index (κ2) is 15.8.